The average Bonchev–Trinajstić information content (AvgIpc) is 3.38. The van der Waals surface area contributed by atoms with Gasteiger partial charge in [0.25, 0.3) is 5.91 Å². The van der Waals surface area contributed by atoms with Crippen LogP contribution in [0.4, 0.5) is 11.5 Å². The molecule has 2 amide bonds. The summed E-state index contributed by atoms with van der Waals surface area (Å²) in [5.41, 5.74) is 4.33. The lowest BCUT2D eigenvalue weighted by molar-refractivity contribution is -0.116. The van der Waals surface area contributed by atoms with Crippen molar-refractivity contribution in [3.8, 4) is 10.6 Å². The van der Waals surface area contributed by atoms with Crippen molar-refractivity contribution < 1.29 is 9.59 Å². The molecule has 5 rings (SSSR count). The van der Waals surface area contributed by atoms with E-state index in [0.29, 0.717) is 17.9 Å². The first kappa shape index (κ1) is 18.4. The summed E-state index contributed by atoms with van der Waals surface area (Å²) in [6.45, 7) is 2.21. The number of carbonyl (C=O) groups is 2. The van der Waals surface area contributed by atoms with Crippen LogP contribution in [-0.4, -0.2) is 28.3 Å². The van der Waals surface area contributed by atoms with Crippen LogP contribution in [0.1, 0.15) is 22.8 Å². The van der Waals surface area contributed by atoms with Crippen LogP contribution in [0.5, 0.6) is 0 Å². The number of amides is 2. The number of benzene rings is 2. The lowest BCUT2D eigenvalue weighted by atomic mass is 10.1. The molecule has 3 heterocycles. The maximum Gasteiger partial charge on any atom is 0.256 e. The summed E-state index contributed by atoms with van der Waals surface area (Å²) >= 11 is 1.61. The van der Waals surface area contributed by atoms with Crippen molar-refractivity contribution in [1.29, 1.82) is 0 Å². The van der Waals surface area contributed by atoms with Crippen molar-refractivity contribution in [1.82, 2.24) is 9.97 Å². The van der Waals surface area contributed by atoms with Gasteiger partial charge < -0.3 is 10.2 Å². The second kappa shape index (κ2) is 7.35. The Labute approximate surface area is 177 Å². The highest BCUT2D eigenvalue weighted by Gasteiger charge is 2.23. The normalized spacial score (nSPS) is 12.8. The standard InChI is InChI=1S/C23H18N4O2S/c1-14(28)27-11-10-15-12-16(6-8-19(15)27)22(29)26-21-9-7-17(13-24-21)23-25-18-4-2-3-5-20(18)30-23/h2-9,12-13H,10-11H2,1H3,(H,24,26,29). The maximum atomic E-state index is 12.7. The van der Waals surface area contributed by atoms with Crippen molar-refractivity contribution in [3.05, 3.63) is 71.9 Å². The number of anilines is 2. The summed E-state index contributed by atoms with van der Waals surface area (Å²) in [4.78, 5) is 35.1. The predicted molar refractivity (Wildman–Crippen MR) is 119 cm³/mol. The third-order valence-electron chi connectivity index (χ3n) is 5.16. The molecule has 4 aromatic rings. The van der Waals surface area contributed by atoms with Gasteiger partial charge in [0, 0.05) is 36.5 Å². The van der Waals surface area contributed by atoms with Gasteiger partial charge in [-0.05, 0) is 54.4 Å². The number of rotatable bonds is 3. The number of carbonyl (C=O) groups excluding carboxylic acids is 2. The van der Waals surface area contributed by atoms with Crippen LogP contribution in [0.15, 0.2) is 60.8 Å². The number of hydrogen-bond donors (Lipinski definition) is 1. The van der Waals surface area contributed by atoms with Gasteiger partial charge in [0.15, 0.2) is 0 Å². The zero-order valence-electron chi connectivity index (χ0n) is 16.3. The van der Waals surface area contributed by atoms with E-state index in [0.717, 1.165) is 38.5 Å². The Morgan fingerprint density at radius 2 is 1.97 bits per heavy atom. The van der Waals surface area contributed by atoms with Gasteiger partial charge in [-0.25, -0.2) is 9.97 Å². The van der Waals surface area contributed by atoms with E-state index in [1.54, 1.807) is 41.5 Å². The van der Waals surface area contributed by atoms with Crippen molar-refractivity contribution in [2.24, 2.45) is 0 Å². The molecule has 0 aliphatic carbocycles. The van der Waals surface area contributed by atoms with Gasteiger partial charge in [-0.2, -0.15) is 0 Å². The van der Waals surface area contributed by atoms with Gasteiger partial charge >= 0.3 is 0 Å². The topological polar surface area (TPSA) is 75.2 Å². The van der Waals surface area contributed by atoms with Gasteiger partial charge in [0.05, 0.1) is 10.2 Å². The minimum atomic E-state index is -0.223. The van der Waals surface area contributed by atoms with Crippen LogP contribution < -0.4 is 10.2 Å². The van der Waals surface area contributed by atoms with E-state index in [9.17, 15) is 9.59 Å². The molecule has 2 aromatic heterocycles. The molecule has 0 saturated carbocycles. The largest absolute Gasteiger partial charge is 0.312 e. The number of hydrogen-bond acceptors (Lipinski definition) is 5. The van der Waals surface area contributed by atoms with Gasteiger partial charge in [0.2, 0.25) is 5.91 Å². The lowest BCUT2D eigenvalue weighted by Crippen LogP contribution is -2.25. The van der Waals surface area contributed by atoms with Crippen LogP contribution in [0.2, 0.25) is 0 Å². The summed E-state index contributed by atoms with van der Waals surface area (Å²) in [6.07, 6.45) is 2.48. The van der Waals surface area contributed by atoms with Gasteiger partial charge in [0.1, 0.15) is 10.8 Å². The highest BCUT2D eigenvalue weighted by atomic mass is 32.1. The Morgan fingerprint density at radius 3 is 2.73 bits per heavy atom. The molecule has 30 heavy (non-hydrogen) atoms. The van der Waals surface area contributed by atoms with Crippen molar-refractivity contribution in [2.75, 3.05) is 16.8 Å². The van der Waals surface area contributed by atoms with Crippen LogP contribution in [-0.2, 0) is 11.2 Å². The fourth-order valence-electron chi connectivity index (χ4n) is 3.65. The molecule has 0 bridgehead atoms. The lowest BCUT2D eigenvalue weighted by Gasteiger charge is -2.14. The van der Waals surface area contributed by atoms with Gasteiger partial charge in [-0.15, -0.1) is 11.3 Å². The molecule has 0 spiro atoms. The van der Waals surface area contributed by atoms with E-state index < -0.39 is 0 Å². The molecule has 0 fully saturated rings. The fraction of sp³-hybridized carbons (Fsp3) is 0.130. The highest BCUT2D eigenvalue weighted by Crippen LogP contribution is 2.31. The molecule has 7 heteroatoms. The number of pyridine rings is 1. The van der Waals surface area contributed by atoms with Crippen LogP contribution in [0.25, 0.3) is 20.8 Å². The smallest absolute Gasteiger partial charge is 0.256 e. The third-order valence-corrected chi connectivity index (χ3v) is 6.25. The molecule has 0 radical (unpaired) electrons. The molecule has 2 aromatic carbocycles. The average molecular weight is 414 g/mol. The van der Waals surface area contributed by atoms with Crippen LogP contribution >= 0.6 is 11.3 Å². The number of para-hydroxylation sites is 1. The van der Waals surface area contributed by atoms with E-state index in [2.05, 4.69) is 15.3 Å². The van der Waals surface area contributed by atoms with Crippen molar-refractivity contribution >= 4 is 44.9 Å². The molecule has 0 saturated heterocycles. The molecule has 1 aliphatic heterocycles. The Balaban J connectivity index is 1.32. The van der Waals surface area contributed by atoms with E-state index in [1.807, 2.05) is 42.5 Å². The predicted octanol–water partition coefficient (Wildman–Crippen LogP) is 4.52. The van der Waals surface area contributed by atoms with E-state index >= 15 is 0 Å². The molecular formula is C23H18N4O2S. The number of aromatic nitrogens is 2. The zero-order chi connectivity index (χ0) is 20.7. The molecular weight excluding hydrogens is 396 g/mol. The minimum absolute atomic E-state index is 0.0170. The number of thiazole rings is 1. The maximum absolute atomic E-state index is 12.7. The quantitative estimate of drug-likeness (QED) is 0.535. The van der Waals surface area contributed by atoms with Gasteiger partial charge in [-0.3, -0.25) is 9.59 Å². The fourth-order valence-corrected chi connectivity index (χ4v) is 4.60. The SMILES string of the molecule is CC(=O)N1CCc2cc(C(=O)Nc3ccc(-c4nc5ccccc5s4)cn3)ccc21. The summed E-state index contributed by atoms with van der Waals surface area (Å²) in [6, 6.07) is 17.1. The summed E-state index contributed by atoms with van der Waals surface area (Å²) in [7, 11) is 0. The first-order valence-electron chi connectivity index (χ1n) is 9.63. The number of fused-ring (bicyclic) bond motifs is 2. The second-order valence-electron chi connectivity index (χ2n) is 7.14. The monoisotopic (exact) mass is 414 g/mol. The van der Waals surface area contributed by atoms with E-state index in [-0.39, 0.29) is 11.8 Å². The third kappa shape index (κ3) is 3.33. The Hall–Kier alpha value is -3.58. The second-order valence-corrected chi connectivity index (χ2v) is 8.17. The van der Waals surface area contributed by atoms with Gasteiger partial charge in [-0.1, -0.05) is 12.1 Å². The summed E-state index contributed by atoms with van der Waals surface area (Å²) in [5.74, 6) is 0.276. The van der Waals surface area contributed by atoms with Crippen LogP contribution in [0.3, 0.4) is 0 Å². The molecule has 1 N–H and O–H groups in total. The van der Waals surface area contributed by atoms with Crippen molar-refractivity contribution in [2.45, 2.75) is 13.3 Å². The minimum Gasteiger partial charge on any atom is -0.312 e. The Morgan fingerprint density at radius 1 is 1.10 bits per heavy atom. The van der Waals surface area contributed by atoms with Crippen LogP contribution in [0, 0.1) is 0 Å². The first-order valence-corrected chi connectivity index (χ1v) is 10.4. The Bertz CT molecular complexity index is 1250. The number of nitrogens with zero attached hydrogens (tertiary/aromatic N) is 3. The molecule has 6 nitrogen and oxygen atoms in total. The Kier molecular flexibility index (Phi) is 4.52. The first-order chi connectivity index (χ1) is 14.6. The molecule has 1 aliphatic rings. The molecule has 0 unspecified atom stereocenters. The molecule has 148 valence electrons. The molecule has 0 atom stereocenters. The van der Waals surface area contributed by atoms with E-state index in [4.69, 9.17) is 0 Å². The van der Waals surface area contributed by atoms with E-state index in [1.165, 1.54) is 0 Å². The van der Waals surface area contributed by atoms with Crippen molar-refractivity contribution in [3.63, 3.8) is 0 Å². The summed E-state index contributed by atoms with van der Waals surface area (Å²) < 4.78 is 1.13. The zero-order valence-corrected chi connectivity index (χ0v) is 17.1. The number of nitrogens with one attached hydrogen (secondary N) is 1. The summed E-state index contributed by atoms with van der Waals surface area (Å²) in [5, 5.41) is 3.74. The highest BCUT2D eigenvalue weighted by molar-refractivity contribution is 7.21.